The van der Waals surface area contributed by atoms with Gasteiger partial charge in [-0.15, -0.1) is 0 Å². The van der Waals surface area contributed by atoms with Gasteiger partial charge in [-0.1, -0.05) is 0 Å². The molecular formula is C22H21F3N4O3S. The highest BCUT2D eigenvalue weighted by molar-refractivity contribution is 8.00. The fourth-order valence-electron chi connectivity index (χ4n) is 3.52. The average Bonchev–Trinajstić information content (AvgIpc) is 3.55. The molecule has 4 rings (SSSR count). The molecule has 2 aliphatic rings. The summed E-state index contributed by atoms with van der Waals surface area (Å²) < 4.78 is 37.7. The zero-order valence-corrected chi connectivity index (χ0v) is 18.7. The zero-order chi connectivity index (χ0) is 24.0. The maximum absolute atomic E-state index is 13.2. The molecule has 0 spiro atoms. The Morgan fingerprint density at radius 3 is 2.45 bits per heavy atom. The van der Waals surface area contributed by atoms with E-state index in [4.69, 9.17) is 0 Å². The first-order valence-corrected chi connectivity index (χ1v) is 11.0. The Balaban J connectivity index is 1.52. The molecule has 2 heterocycles. The van der Waals surface area contributed by atoms with E-state index in [0.717, 1.165) is 17.7 Å². The summed E-state index contributed by atoms with van der Waals surface area (Å²) in [7, 11) is 0. The van der Waals surface area contributed by atoms with Crippen LogP contribution in [0.5, 0.6) is 0 Å². The fourth-order valence-corrected chi connectivity index (χ4v) is 4.06. The first-order chi connectivity index (χ1) is 15.5. The molecule has 174 valence electrons. The summed E-state index contributed by atoms with van der Waals surface area (Å²) in [5.41, 5.74) is -4.75. The number of carbonyl (C=O) groups excluding carboxylic acids is 3. The number of hydrogen-bond acceptors (Lipinski definition) is 5. The van der Waals surface area contributed by atoms with Crippen molar-refractivity contribution in [2.75, 3.05) is 10.2 Å². The topological polar surface area (TPSA) is 82.6 Å². The molecule has 0 unspecified atom stereocenters. The molecule has 1 aromatic carbocycles. The highest BCUT2D eigenvalue weighted by Gasteiger charge is 2.51. The van der Waals surface area contributed by atoms with E-state index in [-0.39, 0.29) is 40.7 Å². The van der Waals surface area contributed by atoms with Crippen LogP contribution in [-0.2, 0) is 16.1 Å². The number of hydrogen-bond donors (Lipinski definition) is 1. The Kier molecular flexibility index (Phi) is 5.85. The molecule has 1 saturated carbocycles. The number of anilines is 2. The summed E-state index contributed by atoms with van der Waals surface area (Å²) in [4.78, 5) is 44.7. The predicted octanol–water partition coefficient (Wildman–Crippen LogP) is 4.79. The molecule has 0 atom stereocenters. The minimum absolute atomic E-state index is 0.0154. The van der Waals surface area contributed by atoms with Crippen LogP contribution in [0.2, 0.25) is 0 Å². The lowest BCUT2D eigenvalue weighted by Crippen LogP contribution is -2.43. The van der Waals surface area contributed by atoms with E-state index in [2.05, 4.69) is 10.3 Å². The first kappa shape index (κ1) is 23.1. The number of halogens is 3. The number of amides is 4. The number of nitrogens with one attached hydrogen (secondary N) is 1. The van der Waals surface area contributed by atoms with Crippen LogP contribution in [-0.4, -0.2) is 38.8 Å². The van der Waals surface area contributed by atoms with Crippen molar-refractivity contribution in [2.24, 2.45) is 5.92 Å². The van der Waals surface area contributed by atoms with E-state index < -0.39 is 23.0 Å². The first-order valence-electron chi connectivity index (χ1n) is 10.2. The van der Waals surface area contributed by atoms with Gasteiger partial charge in [0, 0.05) is 23.6 Å². The van der Waals surface area contributed by atoms with Crippen LogP contribution in [0.3, 0.4) is 0 Å². The summed E-state index contributed by atoms with van der Waals surface area (Å²) in [6.07, 6.45) is 3.23. The van der Waals surface area contributed by atoms with Gasteiger partial charge in [0.25, 0.3) is 5.91 Å². The van der Waals surface area contributed by atoms with Gasteiger partial charge in [-0.2, -0.15) is 13.2 Å². The van der Waals surface area contributed by atoms with Gasteiger partial charge in [0.1, 0.15) is 11.4 Å². The van der Waals surface area contributed by atoms with Crippen LogP contribution in [0.4, 0.5) is 29.5 Å². The maximum Gasteiger partial charge on any atom is 0.446 e. The Labute approximate surface area is 192 Å². The summed E-state index contributed by atoms with van der Waals surface area (Å²) in [5.74, 6) is -0.192. The molecule has 2 fully saturated rings. The predicted molar refractivity (Wildman–Crippen MR) is 116 cm³/mol. The molecule has 7 nitrogen and oxygen atoms in total. The van der Waals surface area contributed by atoms with Crippen molar-refractivity contribution in [3.8, 4) is 0 Å². The molecular weight excluding hydrogens is 457 g/mol. The van der Waals surface area contributed by atoms with Crippen molar-refractivity contribution in [3.63, 3.8) is 0 Å². The molecule has 1 N–H and O–H groups in total. The number of nitrogens with zero attached hydrogens (tertiary/aromatic N) is 3. The second-order valence-electron chi connectivity index (χ2n) is 8.42. The average molecular weight is 478 g/mol. The third-order valence-corrected chi connectivity index (χ3v) is 6.26. The van der Waals surface area contributed by atoms with Gasteiger partial charge in [0.05, 0.1) is 5.69 Å². The van der Waals surface area contributed by atoms with E-state index in [1.807, 2.05) is 0 Å². The number of imide groups is 1. The van der Waals surface area contributed by atoms with Gasteiger partial charge in [-0.05, 0) is 80.4 Å². The van der Waals surface area contributed by atoms with Crippen LogP contribution in [0, 0.1) is 5.92 Å². The number of pyridine rings is 1. The number of alkyl halides is 3. The van der Waals surface area contributed by atoms with Crippen molar-refractivity contribution in [1.29, 1.82) is 0 Å². The molecule has 1 saturated heterocycles. The van der Waals surface area contributed by atoms with Crippen LogP contribution in [0.25, 0.3) is 0 Å². The lowest BCUT2D eigenvalue weighted by molar-refractivity contribution is -0.123. The van der Waals surface area contributed by atoms with Crippen LogP contribution in [0.15, 0.2) is 47.5 Å². The third-order valence-electron chi connectivity index (χ3n) is 5.52. The Bertz CT molecular complexity index is 1100. The SMILES string of the molecule is CC1(C)C(=O)N(c2ccc(SC(F)(F)F)cc2)C(=O)N1Cc1ccnc(NC(=O)C2CC2)c1. The van der Waals surface area contributed by atoms with Gasteiger partial charge < -0.3 is 10.2 Å². The Morgan fingerprint density at radius 2 is 1.85 bits per heavy atom. The van der Waals surface area contributed by atoms with Gasteiger partial charge >= 0.3 is 11.5 Å². The molecule has 2 aromatic rings. The molecule has 1 aliphatic carbocycles. The van der Waals surface area contributed by atoms with Gasteiger partial charge in [-0.3, -0.25) is 9.59 Å². The monoisotopic (exact) mass is 478 g/mol. The lowest BCUT2D eigenvalue weighted by Gasteiger charge is -2.27. The zero-order valence-electron chi connectivity index (χ0n) is 17.8. The van der Waals surface area contributed by atoms with Gasteiger partial charge in [0.2, 0.25) is 5.91 Å². The van der Waals surface area contributed by atoms with Crippen molar-refractivity contribution < 1.29 is 27.6 Å². The molecule has 1 aromatic heterocycles. The van der Waals surface area contributed by atoms with Gasteiger partial charge in [-0.25, -0.2) is 14.7 Å². The number of urea groups is 1. The quantitative estimate of drug-likeness (QED) is 0.477. The number of carbonyl (C=O) groups is 3. The standard InChI is InChI=1S/C22H21F3N4O3S/c1-21(2)19(31)29(15-5-7-16(8-6-15)33-22(23,24)25)20(32)28(21)12-13-9-10-26-17(11-13)27-18(30)14-3-4-14/h5-11,14H,3-4,12H2,1-2H3,(H,26,27,30). The largest absolute Gasteiger partial charge is 0.446 e. The van der Waals surface area contributed by atoms with Gasteiger partial charge in [0.15, 0.2) is 0 Å². The third kappa shape index (κ3) is 4.97. The number of aromatic nitrogens is 1. The Hall–Kier alpha value is -3.08. The number of thioether (sulfide) groups is 1. The van der Waals surface area contributed by atoms with Crippen molar-refractivity contribution in [1.82, 2.24) is 9.88 Å². The minimum Gasteiger partial charge on any atom is -0.310 e. The van der Waals surface area contributed by atoms with E-state index >= 15 is 0 Å². The summed E-state index contributed by atoms with van der Waals surface area (Å²) in [6, 6.07) is 7.85. The number of benzene rings is 1. The summed E-state index contributed by atoms with van der Waals surface area (Å²) in [6.45, 7) is 3.31. The summed E-state index contributed by atoms with van der Waals surface area (Å²) >= 11 is -0.268. The molecule has 0 bridgehead atoms. The van der Waals surface area contributed by atoms with Crippen molar-refractivity contribution >= 4 is 41.1 Å². The molecule has 0 radical (unpaired) electrons. The number of rotatable bonds is 6. The van der Waals surface area contributed by atoms with Crippen LogP contribution >= 0.6 is 11.8 Å². The smallest absolute Gasteiger partial charge is 0.310 e. The minimum atomic E-state index is -4.43. The highest BCUT2D eigenvalue weighted by Crippen LogP contribution is 2.39. The second-order valence-corrected chi connectivity index (χ2v) is 9.56. The molecule has 11 heteroatoms. The highest BCUT2D eigenvalue weighted by atomic mass is 32.2. The van der Waals surface area contributed by atoms with E-state index in [1.165, 1.54) is 35.4 Å². The molecule has 33 heavy (non-hydrogen) atoms. The fraction of sp³-hybridized carbons (Fsp3) is 0.364. The maximum atomic E-state index is 13.2. The molecule has 4 amide bonds. The van der Waals surface area contributed by atoms with E-state index in [1.54, 1.807) is 26.0 Å². The lowest BCUT2D eigenvalue weighted by atomic mass is 10.0. The Morgan fingerprint density at radius 1 is 1.18 bits per heavy atom. The van der Waals surface area contributed by atoms with E-state index in [0.29, 0.717) is 11.4 Å². The van der Waals surface area contributed by atoms with Crippen molar-refractivity contribution in [2.45, 2.75) is 49.2 Å². The van der Waals surface area contributed by atoms with Crippen molar-refractivity contribution in [3.05, 3.63) is 48.2 Å². The van der Waals surface area contributed by atoms with Crippen LogP contribution in [0.1, 0.15) is 32.3 Å². The summed E-state index contributed by atoms with van der Waals surface area (Å²) in [5, 5.41) is 2.75. The normalized spacial score (nSPS) is 18.1. The second kappa shape index (κ2) is 8.36. The van der Waals surface area contributed by atoms with Crippen LogP contribution < -0.4 is 10.2 Å². The van der Waals surface area contributed by atoms with E-state index in [9.17, 15) is 27.6 Å². The molecule has 1 aliphatic heterocycles.